The molecule has 136 valence electrons. The molecule has 1 fully saturated rings. The molecule has 0 unspecified atom stereocenters. The van der Waals surface area contributed by atoms with E-state index in [-0.39, 0.29) is 18.8 Å². The number of aromatic nitrogens is 2. The van der Waals surface area contributed by atoms with E-state index in [2.05, 4.69) is 4.98 Å². The molecule has 6 nitrogen and oxygen atoms in total. The summed E-state index contributed by atoms with van der Waals surface area (Å²) in [5, 5.41) is 20.5. The molecule has 1 saturated heterocycles. The van der Waals surface area contributed by atoms with Crippen LogP contribution in [0.4, 0.5) is 4.39 Å². The van der Waals surface area contributed by atoms with Crippen molar-refractivity contribution in [3.05, 3.63) is 35.0 Å². The summed E-state index contributed by atoms with van der Waals surface area (Å²) in [6.07, 6.45) is 2.36. The molecule has 8 heteroatoms. The van der Waals surface area contributed by atoms with Crippen molar-refractivity contribution < 1.29 is 19.4 Å². The van der Waals surface area contributed by atoms with Gasteiger partial charge in [-0.15, -0.1) is 0 Å². The van der Waals surface area contributed by atoms with Gasteiger partial charge in [0.05, 0.1) is 17.7 Å². The number of imidazole rings is 1. The Morgan fingerprint density at radius 1 is 1.52 bits per heavy atom. The number of fused-ring (bicyclic) bond motifs is 1. The number of nitrogens with zero attached hydrogens (tertiary/aromatic N) is 3. The van der Waals surface area contributed by atoms with Crippen LogP contribution in [0.2, 0.25) is 5.02 Å². The molecule has 0 saturated carbocycles. The molecule has 0 bridgehead atoms. The summed E-state index contributed by atoms with van der Waals surface area (Å²) < 4.78 is 15.7. The first-order valence-corrected chi connectivity index (χ1v) is 8.71. The van der Waals surface area contributed by atoms with Gasteiger partial charge in [0.25, 0.3) is 5.91 Å². The zero-order valence-electron chi connectivity index (χ0n) is 14.0. The molecule has 0 radical (unpaired) electrons. The van der Waals surface area contributed by atoms with Gasteiger partial charge in [-0.3, -0.25) is 9.20 Å². The van der Waals surface area contributed by atoms with Gasteiger partial charge in [-0.2, -0.15) is 4.39 Å². The minimum absolute atomic E-state index is 0.172. The first-order chi connectivity index (χ1) is 11.9. The van der Waals surface area contributed by atoms with E-state index in [1.807, 2.05) is 6.92 Å². The predicted octanol–water partition coefficient (Wildman–Crippen LogP) is 2.11. The van der Waals surface area contributed by atoms with Gasteiger partial charge in [0.2, 0.25) is 5.95 Å². The minimum atomic E-state index is -0.776. The topological polar surface area (TPSA) is 78.1 Å². The van der Waals surface area contributed by atoms with Crippen molar-refractivity contribution in [2.24, 2.45) is 5.41 Å². The highest BCUT2D eigenvalue weighted by Gasteiger charge is 2.43. The number of aliphatic hydroxyl groups is 2. The second-order valence-corrected chi connectivity index (χ2v) is 7.06. The number of carbonyl (C=O) groups excluding carboxylic acids is 1. The molecular formula is C17H21ClFN3O3. The number of carbonyl (C=O) groups is 1. The fraction of sp³-hybridized carbons (Fsp3) is 0.529. The summed E-state index contributed by atoms with van der Waals surface area (Å²) in [7, 11) is 0. The number of piperidine rings is 1. The molecule has 2 N–H and O–H groups in total. The third-order valence-electron chi connectivity index (χ3n) is 4.96. The van der Waals surface area contributed by atoms with E-state index in [4.69, 9.17) is 11.6 Å². The molecule has 1 aliphatic rings. The van der Waals surface area contributed by atoms with Gasteiger partial charge in [0.15, 0.2) is 5.69 Å². The van der Waals surface area contributed by atoms with Crippen LogP contribution in [0.5, 0.6) is 0 Å². The molecule has 0 aliphatic carbocycles. The van der Waals surface area contributed by atoms with Crippen molar-refractivity contribution >= 4 is 23.2 Å². The average Bonchev–Trinajstić information content (AvgIpc) is 2.93. The van der Waals surface area contributed by atoms with E-state index in [0.717, 1.165) is 10.8 Å². The molecule has 25 heavy (non-hydrogen) atoms. The number of pyridine rings is 1. The highest BCUT2D eigenvalue weighted by Crippen LogP contribution is 2.35. The van der Waals surface area contributed by atoms with Crippen LogP contribution in [-0.4, -0.2) is 56.2 Å². The molecule has 2 aromatic rings. The Labute approximate surface area is 149 Å². The van der Waals surface area contributed by atoms with Crippen molar-refractivity contribution in [1.82, 2.24) is 14.3 Å². The van der Waals surface area contributed by atoms with Gasteiger partial charge in [0.1, 0.15) is 5.65 Å². The fourth-order valence-corrected chi connectivity index (χ4v) is 3.74. The van der Waals surface area contributed by atoms with Gasteiger partial charge in [-0.05, 0) is 25.0 Å². The molecule has 0 aromatic carbocycles. The maximum Gasteiger partial charge on any atom is 0.277 e. The Kier molecular flexibility index (Phi) is 4.99. The van der Waals surface area contributed by atoms with E-state index < -0.39 is 23.4 Å². The monoisotopic (exact) mass is 369 g/mol. The van der Waals surface area contributed by atoms with E-state index in [1.165, 1.54) is 17.2 Å². The number of amides is 1. The van der Waals surface area contributed by atoms with Crippen LogP contribution >= 0.6 is 11.6 Å². The SMILES string of the molecule is CCC[C@@]1(CO)CN(C(=O)c2nc3ccc(Cl)cn3c2F)CC[C@@H]1O. The van der Waals surface area contributed by atoms with Crippen LogP contribution in [-0.2, 0) is 0 Å². The predicted molar refractivity (Wildman–Crippen MR) is 91.1 cm³/mol. The van der Waals surface area contributed by atoms with Gasteiger partial charge in [-0.1, -0.05) is 24.9 Å². The lowest BCUT2D eigenvalue weighted by Gasteiger charge is -2.45. The number of likely N-dealkylation sites (tertiary alicyclic amines) is 1. The maximum atomic E-state index is 14.6. The van der Waals surface area contributed by atoms with Crippen molar-refractivity contribution in [3.63, 3.8) is 0 Å². The molecule has 3 rings (SSSR count). The number of aliphatic hydroxyl groups excluding tert-OH is 2. The molecule has 1 aliphatic heterocycles. The smallest absolute Gasteiger partial charge is 0.277 e. The third-order valence-corrected chi connectivity index (χ3v) is 5.19. The summed E-state index contributed by atoms with van der Waals surface area (Å²) in [6.45, 7) is 2.19. The standard InChI is InChI=1S/C17H21ClFN3O3/c1-2-6-17(10-23)9-21(7-5-12(17)24)16(25)14-15(19)22-8-11(18)3-4-13(22)20-14/h3-4,8,12,23-24H,2,5-7,9-10H2,1H3/t12-,17-/m0/s1. The lowest BCUT2D eigenvalue weighted by atomic mass is 9.74. The maximum absolute atomic E-state index is 14.6. The van der Waals surface area contributed by atoms with Crippen molar-refractivity contribution in [1.29, 1.82) is 0 Å². The van der Waals surface area contributed by atoms with Crippen LogP contribution in [0.1, 0.15) is 36.7 Å². The van der Waals surface area contributed by atoms with E-state index in [9.17, 15) is 19.4 Å². The van der Waals surface area contributed by atoms with E-state index >= 15 is 0 Å². The Hall–Kier alpha value is -1.70. The van der Waals surface area contributed by atoms with Crippen molar-refractivity contribution in [2.45, 2.75) is 32.3 Å². The Morgan fingerprint density at radius 3 is 2.96 bits per heavy atom. The largest absolute Gasteiger partial charge is 0.396 e. The molecule has 1 amide bonds. The van der Waals surface area contributed by atoms with Crippen LogP contribution in [0.25, 0.3) is 5.65 Å². The van der Waals surface area contributed by atoms with Crippen molar-refractivity contribution in [2.75, 3.05) is 19.7 Å². The zero-order chi connectivity index (χ0) is 18.2. The lowest BCUT2D eigenvalue weighted by Crippen LogP contribution is -2.55. The summed E-state index contributed by atoms with van der Waals surface area (Å²) in [5.74, 6) is -1.31. The normalized spacial score (nSPS) is 24.0. The zero-order valence-corrected chi connectivity index (χ0v) is 14.7. The van der Waals surface area contributed by atoms with E-state index in [1.54, 1.807) is 6.07 Å². The van der Waals surface area contributed by atoms with Gasteiger partial charge in [0, 0.05) is 24.7 Å². The average molecular weight is 370 g/mol. The Balaban J connectivity index is 1.92. The van der Waals surface area contributed by atoms with Crippen LogP contribution in [0.15, 0.2) is 18.3 Å². The first-order valence-electron chi connectivity index (χ1n) is 8.33. The van der Waals surface area contributed by atoms with Gasteiger partial charge in [-0.25, -0.2) is 4.98 Å². The highest BCUT2D eigenvalue weighted by molar-refractivity contribution is 6.30. The number of halogens is 2. The molecule has 0 spiro atoms. The highest BCUT2D eigenvalue weighted by atomic mass is 35.5. The second kappa shape index (κ2) is 6.90. The van der Waals surface area contributed by atoms with Gasteiger partial charge >= 0.3 is 0 Å². The second-order valence-electron chi connectivity index (χ2n) is 6.63. The van der Waals surface area contributed by atoms with Crippen LogP contribution < -0.4 is 0 Å². The summed E-state index contributed by atoms with van der Waals surface area (Å²) in [6, 6.07) is 3.12. The number of rotatable bonds is 4. The van der Waals surface area contributed by atoms with E-state index in [0.29, 0.717) is 30.1 Å². The summed E-state index contributed by atoms with van der Waals surface area (Å²) >= 11 is 5.87. The van der Waals surface area contributed by atoms with Crippen molar-refractivity contribution in [3.8, 4) is 0 Å². The molecule has 3 heterocycles. The molecule has 2 aromatic heterocycles. The number of hydrogen-bond acceptors (Lipinski definition) is 4. The van der Waals surface area contributed by atoms with Gasteiger partial charge < -0.3 is 15.1 Å². The quantitative estimate of drug-likeness (QED) is 0.865. The number of hydrogen-bond donors (Lipinski definition) is 2. The minimum Gasteiger partial charge on any atom is -0.396 e. The summed E-state index contributed by atoms with van der Waals surface area (Å²) in [5.41, 5.74) is -0.756. The molecule has 2 atom stereocenters. The Bertz CT molecular complexity index is 797. The lowest BCUT2D eigenvalue weighted by molar-refractivity contribution is -0.0721. The van der Waals surface area contributed by atoms with Crippen LogP contribution in [0.3, 0.4) is 0 Å². The molecular weight excluding hydrogens is 349 g/mol. The Morgan fingerprint density at radius 2 is 2.28 bits per heavy atom. The fourth-order valence-electron chi connectivity index (χ4n) is 3.58. The summed E-state index contributed by atoms with van der Waals surface area (Å²) in [4.78, 5) is 18.3. The van der Waals surface area contributed by atoms with Crippen LogP contribution in [0, 0.1) is 11.4 Å². The third kappa shape index (κ3) is 3.12. The first kappa shape index (κ1) is 18.1.